The van der Waals surface area contributed by atoms with Crippen LogP contribution in [0.3, 0.4) is 0 Å². The standard InChI is InChI=1S/C7H3F4.2C6H2F3.Al/c1-3-6(10)4(8)2-5(9)7(3)11;2*7-4-1-5(8)3-6(9)2-4;/h1H3;2*1-2H;. The Labute approximate surface area is 166 Å². The van der Waals surface area contributed by atoms with Gasteiger partial charge in [0.15, 0.2) is 11.6 Å². The number of benzene rings is 3. The van der Waals surface area contributed by atoms with Gasteiger partial charge in [-0.15, -0.1) is 0 Å². The van der Waals surface area contributed by atoms with E-state index in [1.807, 2.05) is 0 Å². The van der Waals surface area contributed by atoms with Crippen LogP contribution in [0.15, 0.2) is 24.3 Å². The smallest absolute Gasteiger partial charge is 0.208 e. The van der Waals surface area contributed by atoms with Crippen molar-refractivity contribution in [2.45, 2.75) is 6.92 Å². The molecule has 3 aromatic rings. The van der Waals surface area contributed by atoms with Crippen molar-refractivity contribution in [2.24, 2.45) is 0 Å². The molecule has 0 saturated carbocycles. The highest BCUT2D eigenvalue weighted by Gasteiger charge is 2.42. The maximum Gasteiger partial charge on any atom is 0.412 e. The fourth-order valence-electron chi connectivity index (χ4n) is 3.10. The molecule has 0 radical (unpaired) electrons. The molecule has 0 unspecified atom stereocenters. The molecule has 30 heavy (non-hydrogen) atoms. The van der Waals surface area contributed by atoms with Crippen molar-refractivity contribution < 1.29 is 43.9 Å². The molecule has 0 amide bonds. The minimum atomic E-state index is -4.73. The van der Waals surface area contributed by atoms with Gasteiger partial charge in [0.1, 0.15) is 46.5 Å². The molecule has 0 N–H and O–H groups in total. The first-order valence-corrected chi connectivity index (χ1v) is 9.80. The van der Waals surface area contributed by atoms with Crippen LogP contribution in [-0.2, 0) is 0 Å². The minimum Gasteiger partial charge on any atom is -0.208 e. The highest BCUT2D eigenvalue weighted by Crippen LogP contribution is 2.19. The Morgan fingerprint density at radius 2 is 0.767 bits per heavy atom. The van der Waals surface area contributed by atoms with E-state index in [9.17, 15) is 43.9 Å². The SMILES string of the molecule is Cc1c(F)c(F)[c]([Al]([c]2c(F)cc(F)cc2F)[c]2c(F)cc(F)cc2F)c(F)c1F. The average molecular weight is 452 g/mol. The normalized spacial score (nSPS) is 11.2. The summed E-state index contributed by atoms with van der Waals surface area (Å²) in [6, 6.07) is 0.256. The monoisotopic (exact) mass is 452 g/mol. The largest absolute Gasteiger partial charge is 0.412 e. The van der Waals surface area contributed by atoms with Gasteiger partial charge < -0.3 is 0 Å². The van der Waals surface area contributed by atoms with E-state index in [1.54, 1.807) is 0 Å². The third-order valence-corrected chi connectivity index (χ3v) is 7.81. The van der Waals surface area contributed by atoms with E-state index in [2.05, 4.69) is 0 Å². The molecule has 0 spiro atoms. The van der Waals surface area contributed by atoms with E-state index >= 15 is 0 Å². The average Bonchev–Trinajstić information content (AvgIpc) is 2.63. The van der Waals surface area contributed by atoms with E-state index in [0.29, 0.717) is 6.92 Å². The van der Waals surface area contributed by atoms with Gasteiger partial charge in [0.05, 0.1) is 0 Å². The predicted octanol–water partition coefficient (Wildman–Crippen LogP) is 3.90. The second-order valence-corrected chi connectivity index (χ2v) is 8.89. The molecule has 0 saturated heterocycles. The Morgan fingerprint density at radius 3 is 1.07 bits per heavy atom. The first kappa shape index (κ1) is 22.2. The second kappa shape index (κ2) is 7.96. The maximum absolute atomic E-state index is 14.6. The lowest BCUT2D eigenvalue weighted by atomic mass is 10.2. The summed E-state index contributed by atoms with van der Waals surface area (Å²) in [7, 11) is 0. The van der Waals surface area contributed by atoms with Crippen LogP contribution in [-0.4, -0.2) is 14.1 Å². The van der Waals surface area contributed by atoms with Crippen LogP contribution in [0.4, 0.5) is 43.9 Å². The van der Waals surface area contributed by atoms with Crippen LogP contribution >= 0.6 is 0 Å². The van der Waals surface area contributed by atoms with Crippen LogP contribution < -0.4 is 13.3 Å². The second-order valence-electron chi connectivity index (χ2n) is 6.29. The van der Waals surface area contributed by atoms with Crippen LogP contribution in [0.2, 0.25) is 0 Å². The summed E-state index contributed by atoms with van der Waals surface area (Å²) in [5.41, 5.74) is -1.12. The Balaban J connectivity index is 2.53. The first-order valence-electron chi connectivity index (χ1n) is 8.07. The number of rotatable bonds is 3. The zero-order chi connectivity index (χ0) is 22.5. The van der Waals surface area contributed by atoms with Gasteiger partial charge in [-0.3, -0.25) is 0 Å². The lowest BCUT2D eigenvalue weighted by molar-refractivity contribution is 0.453. The summed E-state index contributed by atoms with van der Waals surface area (Å²) in [5.74, 6) is -18.3. The van der Waals surface area contributed by atoms with Crippen molar-refractivity contribution in [1.29, 1.82) is 0 Å². The summed E-state index contributed by atoms with van der Waals surface area (Å²) in [4.78, 5) is 0. The quantitative estimate of drug-likeness (QED) is 0.322. The van der Waals surface area contributed by atoms with Crippen molar-refractivity contribution in [3.05, 3.63) is 88.0 Å². The topological polar surface area (TPSA) is 0 Å². The van der Waals surface area contributed by atoms with Crippen molar-refractivity contribution in [2.75, 3.05) is 0 Å². The Bertz CT molecular complexity index is 1040. The van der Waals surface area contributed by atoms with Crippen LogP contribution in [0, 0.1) is 65.1 Å². The first-order chi connectivity index (χ1) is 14.0. The zero-order valence-electron chi connectivity index (χ0n) is 14.7. The Morgan fingerprint density at radius 1 is 0.467 bits per heavy atom. The van der Waals surface area contributed by atoms with Gasteiger partial charge in [0, 0.05) is 29.8 Å². The van der Waals surface area contributed by atoms with Crippen LogP contribution in [0.1, 0.15) is 5.56 Å². The van der Waals surface area contributed by atoms with Gasteiger partial charge in [-0.05, 0) is 20.2 Å². The Kier molecular flexibility index (Phi) is 5.89. The Hall–Kier alpha value is -2.51. The van der Waals surface area contributed by atoms with Gasteiger partial charge in [-0.25, -0.2) is 43.9 Å². The van der Waals surface area contributed by atoms with Crippen LogP contribution in [0.5, 0.6) is 0 Å². The van der Waals surface area contributed by atoms with Gasteiger partial charge in [0.2, 0.25) is 0 Å². The molecule has 3 rings (SSSR count). The lowest BCUT2D eigenvalue weighted by Crippen LogP contribution is -2.59. The van der Waals surface area contributed by atoms with E-state index in [4.69, 9.17) is 0 Å². The van der Waals surface area contributed by atoms with Gasteiger partial charge in [-0.2, -0.15) is 0 Å². The molecule has 0 heterocycles. The van der Waals surface area contributed by atoms with Gasteiger partial charge in [-0.1, -0.05) is 0 Å². The molecule has 0 bridgehead atoms. The van der Waals surface area contributed by atoms with Crippen molar-refractivity contribution >= 4 is 27.4 Å². The molecule has 156 valence electrons. The molecule has 3 aromatic carbocycles. The molecule has 0 aliphatic heterocycles. The van der Waals surface area contributed by atoms with Crippen molar-refractivity contribution in [3.63, 3.8) is 0 Å². The van der Waals surface area contributed by atoms with E-state index < -0.39 is 91.2 Å². The molecule has 0 aliphatic rings. The molecule has 0 aliphatic carbocycles. The summed E-state index contributed by atoms with van der Waals surface area (Å²) >= 11 is -4.73. The van der Waals surface area contributed by atoms with E-state index in [-0.39, 0.29) is 24.3 Å². The number of halogens is 10. The fraction of sp³-hybridized carbons (Fsp3) is 0.0526. The molecule has 0 atom stereocenters. The number of hydrogen-bond donors (Lipinski definition) is 0. The number of hydrogen-bond acceptors (Lipinski definition) is 0. The summed E-state index contributed by atoms with van der Waals surface area (Å²) in [6.07, 6.45) is 0. The molecular weight excluding hydrogens is 445 g/mol. The molecular formula is C19H7AlF10. The summed E-state index contributed by atoms with van der Waals surface area (Å²) < 4.78 is 137. The highest BCUT2D eigenvalue weighted by atomic mass is 27.2. The van der Waals surface area contributed by atoms with E-state index in [1.165, 1.54) is 0 Å². The molecule has 11 heteroatoms. The fourth-order valence-corrected chi connectivity index (χ4v) is 6.17. The highest BCUT2D eigenvalue weighted by molar-refractivity contribution is 6.95. The minimum absolute atomic E-state index is 0.0639. The van der Waals surface area contributed by atoms with Crippen LogP contribution in [0.25, 0.3) is 0 Å². The maximum atomic E-state index is 14.6. The zero-order valence-corrected chi connectivity index (χ0v) is 15.8. The van der Waals surface area contributed by atoms with Crippen molar-refractivity contribution in [1.82, 2.24) is 0 Å². The van der Waals surface area contributed by atoms with Gasteiger partial charge in [0.25, 0.3) is 0 Å². The third-order valence-electron chi connectivity index (χ3n) is 4.47. The molecule has 0 nitrogen and oxygen atoms in total. The third kappa shape index (κ3) is 3.57. The van der Waals surface area contributed by atoms with Crippen molar-refractivity contribution in [3.8, 4) is 0 Å². The van der Waals surface area contributed by atoms with E-state index in [0.717, 1.165) is 0 Å². The predicted molar refractivity (Wildman–Crippen MR) is 88.3 cm³/mol. The van der Waals surface area contributed by atoms with Gasteiger partial charge >= 0.3 is 14.1 Å². The summed E-state index contributed by atoms with van der Waals surface area (Å²) in [6.45, 7) is 0.662. The molecule has 0 aromatic heterocycles. The summed E-state index contributed by atoms with van der Waals surface area (Å²) in [5, 5.41) is 0. The lowest BCUT2D eigenvalue weighted by Gasteiger charge is -2.19. The molecule has 0 fully saturated rings.